The van der Waals surface area contributed by atoms with E-state index in [1.807, 2.05) is 105 Å². The molecule has 0 aliphatic heterocycles. The van der Waals surface area contributed by atoms with Crippen LogP contribution in [-0.2, 0) is 120 Å². The Morgan fingerprint density at radius 2 is 0.626 bits per heavy atom. The van der Waals surface area contributed by atoms with Crippen molar-refractivity contribution in [1.82, 2.24) is 64.9 Å². The second-order valence-electron chi connectivity index (χ2n) is 31.4. The molecule has 3 aromatic carbocycles. The van der Waals surface area contributed by atoms with Crippen molar-refractivity contribution in [3.63, 3.8) is 0 Å². The van der Waals surface area contributed by atoms with Gasteiger partial charge in [-0.15, -0.1) is 23.3 Å². The molecule has 0 saturated carbocycles. The van der Waals surface area contributed by atoms with Crippen LogP contribution in [0.5, 0.6) is 0 Å². The first-order valence-electron chi connectivity index (χ1n) is 42.8. The number of aromatic amines is 3. The molecule has 0 fully saturated rings. The number of hydrogen-bond donors (Lipinski definition) is 12. The maximum absolute atomic E-state index is 13.1. The third kappa shape index (κ3) is 44.6. The van der Waals surface area contributed by atoms with Crippen molar-refractivity contribution in [3.05, 3.63) is 108 Å². The van der Waals surface area contributed by atoms with Crippen molar-refractivity contribution < 1.29 is 100 Å². The van der Waals surface area contributed by atoms with E-state index in [9.17, 15) is 76.7 Å². The summed E-state index contributed by atoms with van der Waals surface area (Å²) in [6, 6.07) is 15.2. The van der Waals surface area contributed by atoms with Crippen LogP contribution >= 0.6 is 0 Å². The summed E-state index contributed by atoms with van der Waals surface area (Å²) < 4.78 is 42.3. The summed E-state index contributed by atoms with van der Waals surface area (Å²) in [6.07, 6.45) is 11.9. The highest BCUT2D eigenvalue weighted by Gasteiger charge is 2.34. The summed E-state index contributed by atoms with van der Waals surface area (Å²) >= 11 is 0. The maximum Gasteiger partial charge on any atom is 0.334 e. The number of amides is 5. The van der Waals surface area contributed by atoms with Crippen LogP contribution in [0.2, 0.25) is 0 Å². The molecule has 0 radical (unpaired) electrons. The van der Waals surface area contributed by atoms with Crippen molar-refractivity contribution in [3.8, 4) is 0 Å². The van der Waals surface area contributed by atoms with E-state index < -0.39 is 120 Å². The lowest BCUT2D eigenvalue weighted by molar-refractivity contribution is -0.152. The van der Waals surface area contributed by atoms with Gasteiger partial charge in [-0.1, -0.05) is 68.4 Å². The fourth-order valence-corrected chi connectivity index (χ4v) is 12.4. The lowest BCUT2D eigenvalue weighted by atomic mass is 9.93. The quantitative estimate of drug-likeness (QED) is 0.0111. The van der Waals surface area contributed by atoms with Gasteiger partial charge in [-0.2, -0.15) is 0 Å². The van der Waals surface area contributed by atoms with E-state index in [0.29, 0.717) is 25.7 Å². The van der Waals surface area contributed by atoms with Crippen LogP contribution in [0.4, 0.5) is 0 Å². The number of carbonyl (C=O) groups excluding carboxylic acids is 16. The molecule has 0 unspecified atom stereocenters. The van der Waals surface area contributed by atoms with Crippen molar-refractivity contribution in [2.75, 3.05) is 13.2 Å². The van der Waals surface area contributed by atoms with Crippen LogP contribution in [0.1, 0.15) is 177 Å². The first-order chi connectivity index (χ1) is 62.1. The molecule has 38 heteroatoms. The van der Waals surface area contributed by atoms with Crippen LogP contribution in [0.15, 0.2) is 91.4 Å². The number of fused-ring (bicyclic) bond motifs is 3. The van der Waals surface area contributed by atoms with Crippen LogP contribution in [0, 0.1) is 11.8 Å². The van der Waals surface area contributed by atoms with Gasteiger partial charge in [0.25, 0.3) is 33.6 Å². The second kappa shape index (κ2) is 61.5. The largest absolute Gasteiger partial charge is 0.464 e. The lowest BCUT2D eigenvalue weighted by Crippen LogP contribution is -2.50. The lowest BCUT2D eigenvalue weighted by Gasteiger charge is -2.22. The number of para-hydroxylation sites is 3. The predicted molar refractivity (Wildman–Crippen MR) is 506 cm³/mol. The van der Waals surface area contributed by atoms with Crippen molar-refractivity contribution >= 4 is 191 Å². The molecule has 3 heterocycles. The molecule has 5 amide bonds. The SMILES string of the molecule is C=[N+]=CC(=O)CC[C@H](NC(=O)[C@@H](CC(C)=O)Cc1c[nH]c2ccccc12)C(=O)OC(C)C.C=[N+]=CC(=O)CC[C@H](NC(=O)[C@@H](N)CC(C)C)C(=O)OC(C)C.C=[N+]=CC(=O)CC[C@H](NC(=O)[C@@H](N)Cc1c[nH]c2ccccc12)C(=O)OC(C)C.C=[N+]=CC(=O)CC[C@H](NC(=O)[C@@H](N)Cc1c[nH]c2ccccc12)C(=O)OCC.C=[N+]=CC(=O)CC[C@H](NC(=O)[C@H](C)N)C(=O)OCC. The van der Waals surface area contributed by atoms with Gasteiger partial charge >= 0.3 is 60.9 Å². The highest BCUT2D eigenvalue weighted by atomic mass is 16.6. The zero-order valence-corrected chi connectivity index (χ0v) is 76.8. The number of esters is 5. The van der Waals surface area contributed by atoms with Crippen LogP contribution in [0.3, 0.4) is 0 Å². The summed E-state index contributed by atoms with van der Waals surface area (Å²) in [4.78, 5) is 202. The summed E-state index contributed by atoms with van der Waals surface area (Å²) in [5.74, 6) is -7.30. The molecule has 131 heavy (non-hydrogen) atoms. The smallest absolute Gasteiger partial charge is 0.334 e. The van der Waals surface area contributed by atoms with E-state index in [0.717, 1.165) is 80.5 Å². The van der Waals surface area contributed by atoms with Crippen molar-refractivity contribution in [2.24, 2.45) is 34.8 Å². The van der Waals surface area contributed by atoms with E-state index in [1.165, 1.54) is 13.8 Å². The fraction of sp³-hybridized carbons (Fsp3) is 0.462. The summed E-state index contributed by atoms with van der Waals surface area (Å²) in [7, 11) is 0. The third-order valence-electron chi connectivity index (χ3n) is 18.6. The van der Waals surface area contributed by atoms with Crippen LogP contribution < -0.4 is 72.9 Å². The van der Waals surface area contributed by atoms with E-state index >= 15 is 0 Å². The van der Waals surface area contributed by atoms with E-state index in [4.69, 9.17) is 46.6 Å². The number of rotatable bonds is 50. The Kier molecular flexibility index (Phi) is 53.1. The third-order valence-corrected chi connectivity index (χ3v) is 18.6. The van der Waals surface area contributed by atoms with Gasteiger partial charge in [0.05, 0.1) is 55.7 Å². The predicted octanol–water partition coefficient (Wildman–Crippen LogP) is 1.42. The Balaban J connectivity index is 0.000000560. The molecular formula is C93H130N17O21+5. The first-order valence-corrected chi connectivity index (χ1v) is 42.8. The molecule has 16 N–H and O–H groups in total. The number of benzene rings is 3. The minimum atomic E-state index is -1.01. The first kappa shape index (κ1) is 113. The number of ether oxygens (including phenoxy) is 5. The fourth-order valence-electron chi connectivity index (χ4n) is 12.4. The Labute approximate surface area is 761 Å². The van der Waals surface area contributed by atoms with E-state index in [2.05, 4.69) is 98.5 Å². The van der Waals surface area contributed by atoms with Gasteiger partial charge in [0.15, 0.2) is 0 Å². The number of H-pyrrole nitrogens is 3. The van der Waals surface area contributed by atoms with Gasteiger partial charge in [-0.05, 0) is 168 Å². The number of nitrogens with zero attached hydrogens (tertiary/aromatic N) is 5. The normalized spacial score (nSPS) is 12.8. The number of hydrogen-bond acceptors (Lipinski definition) is 25. The molecule has 6 rings (SSSR count). The number of carbonyl (C=O) groups is 16. The summed E-state index contributed by atoms with van der Waals surface area (Å²) in [5, 5.41) is 15.9. The molecule has 0 spiro atoms. The average molecular weight is 1820 g/mol. The zero-order valence-electron chi connectivity index (χ0n) is 76.8. The van der Waals surface area contributed by atoms with Gasteiger partial charge in [-0.25, -0.2) is 24.0 Å². The van der Waals surface area contributed by atoms with Gasteiger partial charge in [-0.3, -0.25) is 47.9 Å². The average Bonchev–Trinajstić information content (AvgIpc) is 1.69. The standard InChI is InChI=1S/C24H29N3O5.C21H26N4O4.C20H24N4O4.C16H27N3O4.C12H19N3O4/c1-15(2)32-24(31)22(10-9-19(29)14-25-4)27-23(30)17(11-16(3)28)12-18-13-26-21-8-6-5-7-20(18)21;1-13(2)29-21(28)19(9-8-15(26)12-23-3)25-20(27)17(22)10-14-11-24-18-7-5-4-6-16(14)18;1-3-28-20(27)18(9-8-14(25)12-22-2)24-19(26)16(21)10-13-11-23-17-7-5-4-6-15(13)17;1-10(2)8-13(17)15(21)19-14(16(22)23-11(3)4)7-6-12(20)9-18-5;1-4-19-12(18)10(15-11(17)8(2)13)6-5-9(16)7-14-3/h5-8,13-15,17,22,26H,4,9-12H2,1-3H3;4-7,11-13,17,19,24H,3,8-10,22H2,1-2H3;4-7,11-12,16,18,23H,2-3,8-10,21H2,1H3;9-11,13-14H,5-8,17H2,1-4H3;7-8,10H,3-6,13H2,1-2H3/p+5/t17-,22-;17-,19-;16-,18-;13-,14-;8-,10-/m00000/s1. The Morgan fingerprint density at radius 1 is 0.366 bits per heavy atom. The molecule has 10 atom stereocenters. The molecule has 0 aliphatic carbocycles. The summed E-state index contributed by atoms with van der Waals surface area (Å²) in [5.41, 5.74) is 28.9. The Bertz CT molecular complexity index is 5130. The van der Waals surface area contributed by atoms with Crippen molar-refractivity contribution in [1.29, 1.82) is 0 Å². The highest BCUT2D eigenvalue weighted by molar-refractivity contribution is 6.29. The summed E-state index contributed by atoms with van der Waals surface area (Å²) in [6.45, 7) is 36.8. The van der Waals surface area contributed by atoms with Crippen LogP contribution in [0.25, 0.3) is 32.7 Å². The Morgan fingerprint density at radius 3 is 0.885 bits per heavy atom. The number of nitrogens with two attached hydrogens (primary N) is 4. The molecule has 38 nitrogen and oxygen atoms in total. The minimum absolute atomic E-state index is 0.00299. The number of nitrogens with one attached hydrogen (secondary N) is 8. The monoisotopic (exact) mass is 1820 g/mol. The molecule has 0 saturated heterocycles. The van der Waals surface area contributed by atoms with Crippen LogP contribution in [-0.4, -0.2) is 260 Å². The molecule has 6 aromatic rings. The molecular weight excluding hydrogens is 1690 g/mol. The molecule has 708 valence electrons. The second-order valence-corrected chi connectivity index (χ2v) is 31.4. The van der Waals surface area contributed by atoms with E-state index in [-0.39, 0.29) is 143 Å². The number of ketones is 6. The number of Topliss-reactive ketones (excluding diaryl/α,β-unsaturated/α-hetero) is 6. The maximum atomic E-state index is 13.1. The molecule has 0 aliphatic rings. The highest BCUT2D eigenvalue weighted by Crippen LogP contribution is 2.25. The minimum Gasteiger partial charge on any atom is -0.464 e. The van der Waals surface area contributed by atoms with Gasteiger partial charge in [0.2, 0.25) is 58.5 Å². The Hall–Kier alpha value is -13.9. The zero-order chi connectivity index (χ0) is 98.4. The van der Waals surface area contributed by atoms with Crippen molar-refractivity contribution in [2.45, 2.75) is 252 Å². The molecule has 0 bridgehead atoms. The van der Waals surface area contributed by atoms with Gasteiger partial charge in [0, 0.05) is 95.7 Å². The molecule has 3 aromatic heterocycles. The number of aromatic nitrogens is 3. The van der Waals surface area contributed by atoms with E-state index in [1.54, 1.807) is 55.4 Å². The van der Waals surface area contributed by atoms with Gasteiger partial charge < -0.3 is 92.9 Å². The van der Waals surface area contributed by atoms with Gasteiger partial charge in [0.1, 0.15) is 36.0 Å². The topological polar surface area (TPSA) is 601 Å².